The van der Waals surface area contributed by atoms with Crippen LogP contribution in [0.3, 0.4) is 0 Å². The van der Waals surface area contributed by atoms with Gasteiger partial charge in [-0.25, -0.2) is 13.6 Å². The third-order valence-corrected chi connectivity index (χ3v) is 4.11. The summed E-state index contributed by atoms with van der Waals surface area (Å²) in [5, 5.41) is 7.93. The molecule has 2 atom stereocenters. The number of hydrogen-bond donors (Lipinski definition) is 2. The quantitative estimate of drug-likeness (QED) is 0.849. The number of carbonyl (C=O) groups excluding carboxylic acids is 1. The molecule has 18 heavy (non-hydrogen) atoms. The zero-order chi connectivity index (χ0) is 13.5. The first-order chi connectivity index (χ1) is 8.29. The Morgan fingerprint density at radius 3 is 2.50 bits per heavy atom. The van der Waals surface area contributed by atoms with E-state index < -0.39 is 10.0 Å². The number of rotatable bonds is 3. The lowest BCUT2D eigenvalue weighted by molar-refractivity contribution is 0.0948. The summed E-state index contributed by atoms with van der Waals surface area (Å²) in [5.74, 6) is 0.362. The maximum atomic E-state index is 11.9. The molecule has 6 heteroatoms. The maximum absolute atomic E-state index is 11.9. The van der Waals surface area contributed by atoms with E-state index in [2.05, 4.69) is 12.2 Å². The van der Waals surface area contributed by atoms with Gasteiger partial charge < -0.3 is 5.32 Å². The lowest BCUT2D eigenvalue weighted by Gasteiger charge is -2.08. The van der Waals surface area contributed by atoms with Gasteiger partial charge in [0.25, 0.3) is 5.91 Å². The summed E-state index contributed by atoms with van der Waals surface area (Å²) in [5.41, 5.74) is 1.09. The molecule has 2 unspecified atom stereocenters. The molecule has 0 spiro atoms. The van der Waals surface area contributed by atoms with E-state index in [1.807, 2.05) is 0 Å². The number of nitrogens with one attached hydrogen (secondary N) is 1. The highest BCUT2D eigenvalue weighted by atomic mass is 32.2. The number of carbonyl (C=O) groups is 1. The van der Waals surface area contributed by atoms with Crippen molar-refractivity contribution in [3.63, 3.8) is 0 Å². The Hall–Kier alpha value is -1.40. The van der Waals surface area contributed by atoms with Crippen molar-refractivity contribution in [1.82, 2.24) is 5.32 Å². The fourth-order valence-corrected chi connectivity index (χ4v) is 2.44. The van der Waals surface area contributed by atoms with Gasteiger partial charge in [-0.1, -0.05) is 6.92 Å². The van der Waals surface area contributed by atoms with E-state index >= 15 is 0 Å². The number of benzene rings is 1. The van der Waals surface area contributed by atoms with Crippen LogP contribution in [-0.4, -0.2) is 20.4 Å². The predicted molar refractivity (Wildman–Crippen MR) is 67.6 cm³/mol. The number of aryl methyl sites for hydroxylation is 1. The van der Waals surface area contributed by atoms with Crippen molar-refractivity contribution >= 4 is 15.9 Å². The average Bonchev–Trinajstić information content (AvgIpc) is 2.92. The van der Waals surface area contributed by atoms with E-state index in [1.165, 1.54) is 18.2 Å². The Bertz CT molecular complexity index is 595. The third kappa shape index (κ3) is 2.70. The molecule has 1 aromatic rings. The number of amides is 1. The second-order valence-corrected chi connectivity index (χ2v) is 6.38. The van der Waals surface area contributed by atoms with Gasteiger partial charge in [-0.3, -0.25) is 4.79 Å². The second-order valence-electron chi connectivity index (χ2n) is 4.81. The van der Waals surface area contributed by atoms with Crippen molar-refractivity contribution in [1.29, 1.82) is 0 Å². The Morgan fingerprint density at radius 1 is 1.44 bits per heavy atom. The van der Waals surface area contributed by atoms with Gasteiger partial charge in [-0.05, 0) is 43.0 Å². The van der Waals surface area contributed by atoms with Crippen molar-refractivity contribution < 1.29 is 13.2 Å². The van der Waals surface area contributed by atoms with Gasteiger partial charge in [0.15, 0.2) is 0 Å². The first kappa shape index (κ1) is 13.0. The highest BCUT2D eigenvalue weighted by Crippen LogP contribution is 2.29. The van der Waals surface area contributed by atoms with Crippen molar-refractivity contribution in [2.75, 3.05) is 0 Å². The lowest BCUT2D eigenvalue weighted by atomic mass is 10.1. The van der Waals surface area contributed by atoms with Gasteiger partial charge in [-0.15, -0.1) is 0 Å². The van der Waals surface area contributed by atoms with Crippen LogP contribution in [0.25, 0.3) is 0 Å². The summed E-state index contributed by atoms with van der Waals surface area (Å²) < 4.78 is 22.3. The van der Waals surface area contributed by atoms with Crippen LogP contribution < -0.4 is 10.5 Å². The number of primary sulfonamides is 1. The minimum atomic E-state index is -3.72. The highest BCUT2D eigenvalue weighted by molar-refractivity contribution is 7.89. The fourth-order valence-electron chi connectivity index (χ4n) is 1.84. The summed E-state index contributed by atoms with van der Waals surface area (Å²) in [6.07, 6.45) is 1.00. The zero-order valence-corrected chi connectivity index (χ0v) is 11.1. The largest absolute Gasteiger partial charge is 0.349 e. The van der Waals surface area contributed by atoms with Crippen molar-refractivity contribution in [3.05, 3.63) is 29.3 Å². The summed E-state index contributed by atoms with van der Waals surface area (Å²) >= 11 is 0. The van der Waals surface area contributed by atoms with E-state index in [9.17, 15) is 13.2 Å². The molecule has 1 aliphatic carbocycles. The summed E-state index contributed by atoms with van der Waals surface area (Å²) in [7, 11) is -3.72. The van der Waals surface area contributed by atoms with Gasteiger partial charge in [0.05, 0.1) is 4.90 Å². The molecule has 0 heterocycles. The number of nitrogens with two attached hydrogens (primary N) is 1. The molecule has 0 radical (unpaired) electrons. The molecular formula is C12H16N2O3S. The molecule has 1 saturated carbocycles. The molecule has 98 valence electrons. The van der Waals surface area contributed by atoms with Crippen molar-refractivity contribution in [2.45, 2.75) is 31.2 Å². The standard InChI is InChI=1S/C12H16N2O3S/c1-7-5-9(18(13,16)17)3-4-10(7)12(15)14-11-6-8(11)2/h3-5,8,11H,6H2,1-2H3,(H,14,15)(H2,13,16,17). The van der Waals surface area contributed by atoms with Crippen LogP contribution in [0.5, 0.6) is 0 Å². The Labute approximate surface area is 106 Å². The normalized spacial score (nSPS) is 22.6. The molecule has 1 amide bonds. The first-order valence-corrected chi connectivity index (χ1v) is 7.28. The monoisotopic (exact) mass is 268 g/mol. The molecule has 1 aliphatic rings. The lowest BCUT2D eigenvalue weighted by Crippen LogP contribution is -2.27. The highest BCUT2D eigenvalue weighted by Gasteiger charge is 2.34. The maximum Gasteiger partial charge on any atom is 0.251 e. The Morgan fingerprint density at radius 2 is 2.06 bits per heavy atom. The van der Waals surface area contributed by atoms with Gasteiger partial charge in [0.1, 0.15) is 0 Å². The fraction of sp³-hybridized carbons (Fsp3) is 0.417. The minimum absolute atomic E-state index is 0.0244. The zero-order valence-electron chi connectivity index (χ0n) is 10.3. The van der Waals surface area contributed by atoms with Gasteiger partial charge in [-0.2, -0.15) is 0 Å². The molecule has 5 nitrogen and oxygen atoms in total. The van der Waals surface area contributed by atoms with Crippen molar-refractivity contribution in [3.8, 4) is 0 Å². The predicted octanol–water partition coefficient (Wildman–Crippen LogP) is 0.781. The van der Waals surface area contributed by atoms with Crippen LogP contribution in [0.4, 0.5) is 0 Å². The molecule has 1 fully saturated rings. The summed E-state index contributed by atoms with van der Waals surface area (Å²) in [4.78, 5) is 12.0. The van der Waals surface area contributed by atoms with Crippen LogP contribution in [0, 0.1) is 12.8 Å². The van der Waals surface area contributed by atoms with E-state index in [0.717, 1.165) is 6.42 Å². The molecule has 0 aromatic heterocycles. The van der Waals surface area contributed by atoms with Crippen LogP contribution >= 0.6 is 0 Å². The third-order valence-electron chi connectivity index (χ3n) is 3.20. The van der Waals surface area contributed by atoms with Crippen LogP contribution in [0.2, 0.25) is 0 Å². The molecule has 0 bridgehead atoms. The molecular weight excluding hydrogens is 252 g/mol. The number of sulfonamides is 1. The molecule has 2 rings (SSSR count). The van der Waals surface area contributed by atoms with E-state index in [-0.39, 0.29) is 16.8 Å². The van der Waals surface area contributed by atoms with Gasteiger partial charge in [0.2, 0.25) is 10.0 Å². The van der Waals surface area contributed by atoms with Crippen LogP contribution in [0.1, 0.15) is 29.3 Å². The van der Waals surface area contributed by atoms with E-state index in [1.54, 1.807) is 6.92 Å². The van der Waals surface area contributed by atoms with Gasteiger partial charge >= 0.3 is 0 Å². The topological polar surface area (TPSA) is 89.3 Å². The van der Waals surface area contributed by atoms with Crippen LogP contribution in [0.15, 0.2) is 23.1 Å². The molecule has 0 aliphatic heterocycles. The summed E-state index contributed by atoms with van der Waals surface area (Å²) in [6.45, 7) is 3.77. The SMILES string of the molecule is Cc1cc(S(N)(=O)=O)ccc1C(=O)NC1CC1C. The van der Waals surface area contributed by atoms with Crippen LogP contribution in [-0.2, 0) is 10.0 Å². The Kier molecular flexibility index (Phi) is 3.16. The smallest absolute Gasteiger partial charge is 0.251 e. The molecule has 0 saturated heterocycles. The van der Waals surface area contributed by atoms with Gasteiger partial charge in [0, 0.05) is 11.6 Å². The van der Waals surface area contributed by atoms with E-state index in [4.69, 9.17) is 5.14 Å². The molecule has 1 aromatic carbocycles. The summed E-state index contributed by atoms with van der Waals surface area (Å²) in [6, 6.07) is 4.51. The number of hydrogen-bond acceptors (Lipinski definition) is 3. The Balaban J connectivity index is 2.22. The second kappa shape index (κ2) is 4.37. The molecule has 3 N–H and O–H groups in total. The van der Waals surface area contributed by atoms with E-state index in [0.29, 0.717) is 17.0 Å². The minimum Gasteiger partial charge on any atom is -0.349 e. The average molecular weight is 268 g/mol. The first-order valence-electron chi connectivity index (χ1n) is 5.73. The van der Waals surface area contributed by atoms with Crippen molar-refractivity contribution in [2.24, 2.45) is 11.1 Å².